The van der Waals surface area contributed by atoms with Gasteiger partial charge in [-0.2, -0.15) is 0 Å². The van der Waals surface area contributed by atoms with Gasteiger partial charge in [0.25, 0.3) is 0 Å². The molecule has 0 saturated heterocycles. The van der Waals surface area contributed by atoms with Crippen LogP contribution in [0, 0.1) is 0 Å². The van der Waals surface area contributed by atoms with E-state index >= 15 is 0 Å². The summed E-state index contributed by atoms with van der Waals surface area (Å²) < 4.78 is 23.8. The molecule has 77 heavy (non-hydrogen) atoms. The summed E-state index contributed by atoms with van der Waals surface area (Å²) in [5.74, 6) is -0.154. The predicted octanol–water partition coefficient (Wildman–Crippen LogP) is 20.2. The summed E-state index contributed by atoms with van der Waals surface area (Å²) in [7, 11) is 1.60. The van der Waals surface area contributed by atoms with Crippen LogP contribution in [0.3, 0.4) is 0 Å². The van der Waals surface area contributed by atoms with Gasteiger partial charge in [-0.15, -0.1) is 0 Å². The third-order valence-corrected chi connectivity index (χ3v) is 15.1. The first-order valence-corrected chi connectivity index (χ1v) is 33.6. The number of nitrogens with one attached hydrogen (secondary N) is 1. The maximum Gasteiger partial charge on any atom is 0.472 e. The van der Waals surface area contributed by atoms with Crippen LogP contribution < -0.4 is 5.32 Å². The lowest BCUT2D eigenvalue weighted by molar-refractivity contribution is -0.870. The van der Waals surface area contributed by atoms with Crippen LogP contribution in [-0.2, 0) is 18.4 Å². The Hall–Kier alpha value is -2.58. The van der Waals surface area contributed by atoms with E-state index in [1.165, 1.54) is 154 Å². The molecular weight excluding hydrogens is 972 g/mol. The molecule has 3 unspecified atom stereocenters. The zero-order chi connectivity index (χ0) is 56.3. The molecule has 0 aromatic rings. The maximum absolute atomic E-state index is 13.0. The van der Waals surface area contributed by atoms with Crippen molar-refractivity contribution in [1.29, 1.82) is 0 Å². The van der Waals surface area contributed by atoms with E-state index in [9.17, 15) is 19.4 Å². The zero-order valence-corrected chi connectivity index (χ0v) is 51.8. The molecule has 0 rings (SSSR count). The van der Waals surface area contributed by atoms with Crippen molar-refractivity contribution in [2.45, 2.75) is 289 Å². The van der Waals surface area contributed by atoms with Gasteiger partial charge in [-0.05, 0) is 77.0 Å². The van der Waals surface area contributed by atoms with E-state index < -0.39 is 20.0 Å². The van der Waals surface area contributed by atoms with E-state index in [4.69, 9.17) is 9.05 Å². The molecule has 0 aromatic heterocycles. The number of allylic oxidation sites excluding steroid dienone is 16. The highest BCUT2D eigenvalue weighted by atomic mass is 31.2. The highest BCUT2D eigenvalue weighted by Crippen LogP contribution is 2.43. The normalized spacial score (nSPS) is 14.4. The van der Waals surface area contributed by atoms with E-state index in [1.807, 2.05) is 21.1 Å². The van der Waals surface area contributed by atoms with Crippen molar-refractivity contribution >= 4 is 13.7 Å². The molecule has 0 aliphatic rings. The summed E-state index contributed by atoms with van der Waals surface area (Å²) in [5.41, 5.74) is 0. The number of phosphoric acid groups is 1. The van der Waals surface area contributed by atoms with Crippen LogP contribution in [0.15, 0.2) is 97.2 Å². The standard InChI is InChI=1S/C68H123N2O6P/c1-6-8-10-12-14-16-18-20-22-24-26-28-30-31-32-33-34-35-36-37-38-39-40-42-44-46-48-50-52-54-56-58-60-62-68(72)69-66(65-76-77(73,74)75-64-63-70(3,4)5)67(71)61-59-57-55-53-51-49-47-45-43-41-29-27-25-23-21-19-17-15-13-11-9-7-2/h8,10,14,16,20,22,26,28,31-32,34-35,37-38,40,42,66-67,71H,6-7,9,11-13,15,17-19,21,23-25,27,29-30,33,36,39,41,43-65H2,1-5H3,(H-,69,72,73,74)/p+1/b10-8-,16-14-,22-20-,28-26-,32-31-,35-34-,38-37-,42-40-. The Morgan fingerprint density at radius 3 is 1.14 bits per heavy atom. The van der Waals surface area contributed by atoms with Crippen molar-refractivity contribution in [3.8, 4) is 0 Å². The molecule has 3 N–H and O–H groups in total. The third-order valence-electron chi connectivity index (χ3n) is 14.1. The lowest BCUT2D eigenvalue weighted by Gasteiger charge is -2.26. The largest absolute Gasteiger partial charge is 0.472 e. The van der Waals surface area contributed by atoms with E-state index in [0.29, 0.717) is 23.9 Å². The van der Waals surface area contributed by atoms with Gasteiger partial charge in [-0.1, -0.05) is 291 Å². The van der Waals surface area contributed by atoms with Gasteiger partial charge in [0, 0.05) is 6.42 Å². The van der Waals surface area contributed by atoms with E-state index in [2.05, 4.69) is 116 Å². The lowest BCUT2D eigenvalue weighted by atomic mass is 10.0. The number of amides is 1. The molecule has 0 bridgehead atoms. The van der Waals surface area contributed by atoms with E-state index in [-0.39, 0.29) is 19.1 Å². The number of likely N-dealkylation sites (N-methyl/N-ethyl adjacent to an activating group) is 1. The summed E-state index contributed by atoms with van der Waals surface area (Å²) in [6.07, 6.45) is 83.3. The Balaban J connectivity index is 4.16. The Morgan fingerprint density at radius 2 is 0.779 bits per heavy atom. The quantitative estimate of drug-likeness (QED) is 0.0243. The van der Waals surface area contributed by atoms with Gasteiger partial charge < -0.3 is 19.8 Å². The van der Waals surface area contributed by atoms with Crippen LogP contribution in [0.25, 0.3) is 0 Å². The molecule has 9 heteroatoms. The molecule has 1 amide bonds. The summed E-state index contributed by atoms with van der Waals surface area (Å²) in [6.45, 7) is 4.79. The van der Waals surface area contributed by atoms with Crippen molar-refractivity contribution in [1.82, 2.24) is 5.32 Å². The molecule has 8 nitrogen and oxygen atoms in total. The minimum Gasteiger partial charge on any atom is -0.391 e. The highest BCUT2D eigenvalue weighted by molar-refractivity contribution is 7.47. The van der Waals surface area contributed by atoms with Crippen LogP contribution >= 0.6 is 7.82 Å². The van der Waals surface area contributed by atoms with Crippen molar-refractivity contribution in [2.24, 2.45) is 0 Å². The van der Waals surface area contributed by atoms with Gasteiger partial charge in [-0.3, -0.25) is 13.8 Å². The monoisotopic (exact) mass is 1100 g/mol. The molecule has 0 heterocycles. The number of nitrogens with zero attached hydrogens (tertiary/aromatic N) is 1. The summed E-state index contributed by atoms with van der Waals surface area (Å²) in [4.78, 5) is 23.4. The fraction of sp³-hybridized carbons (Fsp3) is 0.750. The van der Waals surface area contributed by atoms with Gasteiger partial charge >= 0.3 is 7.82 Å². The molecule has 0 aliphatic carbocycles. The van der Waals surface area contributed by atoms with Crippen LogP contribution in [0.2, 0.25) is 0 Å². The number of carbonyl (C=O) groups excluding carboxylic acids is 1. The van der Waals surface area contributed by atoms with Crippen LogP contribution in [0.5, 0.6) is 0 Å². The Bertz CT molecular complexity index is 1570. The third kappa shape index (κ3) is 60.9. The van der Waals surface area contributed by atoms with Gasteiger partial charge in [0.1, 0.15) is 13.2 Å². The molecule has 3 atom stereocenters. The average Bonchev–Trinajstić information content (AvgIpc) is 3.39. The van der Waals surface area contributed by atoms with Crippen LogP contribution in [-0.4, -0.2) is 73.4 Å². The summed E-state index contributed by atoms with van der Waals surface area (Å²) in [6, 6.07) is -0.773. The van der Waals surface area contributed by atoms with Crippen molar-refractivity contribution in [3.05, 3.63) is 97.2 Å². The highest BCUT2D eigenvalue weighted by Gasteiger charge is 2.28. The first-order valence-electron chi connectivity index (χ1n) is 32.1. The summed E-state index contributed by atoms with van der Waals surface area (Å²) in [5, 5.41) is 14.1. The summed E-state index contributed by atoms with van der Waals surface area (Å²) >= 11 is 0. The number of rotatable bonds is 58. The number of quaternary nitrogens is 1. The Morgan fingerprint density at radius 1 is 0.455 bits per heavy atom. The van der Waals surface area contributed by atoms with Crippen LogP contribution in [0.1, 0.15) is 277 Å². The second kappa shape index (κ2) is 58.1. The second-order valence-electron chi connectivity index (χ2n) is 22.8. The molecule has 0 saturated carbocycles. The number of phosphoric ester groups is 1. The molecule has 0 fully saturated rings. The number of unbranched alkanes of at least 4 members (excludes halogenated alkanes) is 29. The molecule has 0 spiro atoms. The average molecular weight is 1100 g/mol. The minimum atomic E-state index is -4.34. The zero-order valence-electron chi connectivity index (χ0n) is 50.9. The molecule has 0 radical (unpaired) electrons. The Labute approximate surface area is 477 Å². The second-order valence-corrected chi connectivity index (χ2v) is 24.2. The van der Waals surface area contributed by atoms with Gasteiger partial charge in [0.15, 0.2) is 0 Å². The first kappa shape index (κ1) is 74.4. The topological polar surface area (TPSA) is 105 Å². The lowest BCUT2D eigenvalue weighted by Crippen LogP contribution is -2.46. The number of hydrogen-bond acceptors (Lipinski definition) is 5. The van der Waals surface area contributed by atoms with Crippen molar-refractivity contribution < 1.29 is 32.9 Å². The first-order chi connectivity index (χ1) is 37.5. The van der Waals surface area contributed by atoms with E-state index in [1.54, 1.807) is 0 Å². The maximum atomic E-state index is 13.0. The molecule has 0 aliphatic heterocycles. The van der Waals surface area contributed by atoms with Gasteiger partial charge in [0.05, 0.1) is 39.9 Å². The number of aliphatic hydroxyl groups is 1. The van der Waals surface area contributed by atoms with Crippen LogP contribution in [0.4, 0.5) is 0 Å². The molecule has 446 valence electrons. The van der Waals surface area contributed by atoms with E-state index in [0.717, 1.165) is 96.3 Å². The molecular formula is C68H124N2O6P+. The SMILES string of the molecule is CC/C=C\C/C=C\C/C=C\C/C=C\C/C=C\C/C=C\C/C=C\C/C=C\CCCCCCCCCCC(=O)NC(COP(=O)(O)OCC[N+](C)(C)C)C(O)CCCCCCCCCCCCCCCCCCCCCCCC. The fourth-order valence-corrected chi connectivity index (χ4v) is 9.86. The molecule has 0 aromatic carbocycles. The Kier molecular flexibility index (Phi) is 56.1. The number of aliphatic hydroxyl groups excluding tert-OH is 1. The fourth-order valence-electron chi connectivity index (χ4n) is 9.12. The smallest absolute Gasteiger partial charge is 0.391 e. The number of hydrogen-bond donors (Lipinski definition) is 3. The van der Waals surface area contributed by atoms with Crippen molar-refractivity contribution in [3.63, 3.8) is 0 Å². The predicted molar refractivity (Wildman–Crippen MR) is 336 cm³/mol. The van der Waals surface area contributed by atoms with Gasteiger partial charge in [-0.25, -0.2) is 4.57 Å². The number of carbonyl (C=O) groups is 1. The van der Waals surface area contributed by atoms with Gasteiger partial charge in [0.2, 0.25) is 5.91 Å². The van der Waals surface area contributed by atoms with Crippen molar-refractivity contribution in [2.75, 3.05) is 40.9 Å². The minimum absolute atomic E-state index is 0.0689.